The van der Waals surface area contributed by atoms with Crippen molar-refractivity contribution in [3.8, 4) is 0 Å². The lowest BCUT2D eigenvalue weighted by molar-refractivity contribution is -0.136. The third-order valence-electron chi connectivity index (χ3n) is 7.09. The van der Waals surface area contributed by atoms with Crippen LogP contribution in [0, 0.1) is 5.95 Å². The van der Waals surface area contributed by atoms with Gasteiger partial charge in [0, 0.05) is 31.1 Å². The van der Waals surface area contributed by atoms with Crippen molar-refractivity contribution in [3.63, 3.8) is 0 Å². The Morgan fingerprint density at radius 2 is 2.00 bits per heavy atom. The molecule has 178 valence electrons. The van der Waals surface area contributed by atoms with Gasteiger partial charge in [0.25, 0.3) is 5.91 Å². The number of allylic oxidation sites excluding steroid dienone is 1. The second-order valence-electron chi connectivity index (χ2n) is 9.41. The highest BCUT2D eigenvalue weighted by Gasteiger charge is 2.52. The van der Waals surface area contributed by atoms with E-state index in [1.165, 1.54) is 12.3 Å². The van der Waals surface area contributed by atoms with Crippen molar-refractivity contribution in [1.29, 1.82) is 0 Å². The molecule has 2 unspecified atom stereocenters. The molecule has 2 fully saturated rings. The highest BCUT2D eigenvalue weighted by Crippen LogP contribution is 2.44. The standard InChI is InChI=1S/C25H29FN6O2/c1-6-7-18-14(2)23(33)32(21(18)16-8-11-20(26)27-12-16)25(4)28-13-19-22(29-25)31(17-9-10-17)15(3)24(34)30(19)5/h6-8,11-13,15,17,21,28H,9-10H2,1-5H3/b7-6-/t15?,21?,25-/m0/s1. The van der Waals surface area contributed by atoms with Gasteiger partial charge in [-0.25, -0.2) is 9.98 Å². The van der Waals surface area contributed by atoms with Gasteiger partial charge in [-0.2, -0.15) is 4.39 Å². The molecule has 4 heterocycles. The van der Waals surface area contributed by atoms with Gasteiger partial charge in [-0.05, 0) is 57.7 Å². The van der Waals surface area contributed by atoms with E-state index in [4.69, 9.17) is 4.99 Å². The average Bonchev–Trinajstić information content (AvgIpc) is 3.61. The molecule has 0 bridgehead atoms. The number of aromatic nitrogens is 1. The monoisotopic (exact) mass is 464 g/mol. The van der Waals surface area contributed by atoms with Crippen molar-refractivity contribution in [3.05, 3.63) is 65.0 Å². The number of pyridine rings is 1. The van der Waals surface area contributed by atoms with Gasteiger partial charge in [-0.1, -0.05) is 18.2 Å². The van der Waals surface area contributed by atoms with Crippen molar-refractivity contribution in [2.24, 2.45) is 4.99 Å². The average molecular weight is 465 g/mol. The lowest BCUT2D eigenvalue weighted by Crippen LogP contribution is -2.64. The second kappa shape index (κ2) is 7.78. The quantitative estimate of drug-likeness (QED) is 0.693. The number of halogens is 1. The van der Waals surface area contributed by atoms with Crippen LogP contribution in [-0.2, 0) is 9.59 Å². The molecule has 0 aromatic carbocycles. The van der Waals surface area contributed by atoms with E-state index in [2.05, 4.69) is 15.2 Å². The van der Waals surface area contributed by atoms with Crippen LogP contribution in [0.4, 0.5) is 4.39 Å². The van der Waals surface area contributed by atoms with E-state index in [0.29, 0.717) is 22.7 Å². The first-order chi connectivity index (χ1) is 16.2. The first kappa shape index (κ1) is 22.3. The van der Waals surface area contributed by atoms with Crippen molar-refractivity contribution in [2.75, 3.05) is 7.05 Å². The highest BCUT2D eigenvalue weighted by molar-refractivity contribution is 6.08. The van der Waals surface area contributed by atoms with Crippen molar-refractivity contribution < 1.29 is 14.0 Å². The van der Waals surface area contributed by atoms with Gasteiger partial charge in [-0.15, -0.1) is 0 Å². The Morgan fingerprint density at radius 3 is 2.62 bits per heavy atom. The summed E-state index contributed by atoms with van der Waals surface area (Å²) in [4.78, 5) is 40.8. The minimum atomic E-state index is -1.13. The molecule has 1 aromatic heterocycles. The zero-order chi connectivity index (χ0) is 24.4. The molecule has 34 heavy (non-hydrogen) atoms. The molecule has 0 radical (unpaired) electrons. The Morgan fingerprint density at radius 1 is 1.26 bits per heavy atom. The summed E-state index contributed by atoms with van der Waals surface area (Å²) in [7, 11) is 1.75. The lowest BCUT2D eigenvalue weighted by atomic mass is 9.98. The number of likely N-dealkylation sites (N-methyl/N-ethyl adjacent to an activating group) is 1. The van der Waals surface area contributed by atoms with Crippen LogP contribution in [0.25, 0.3) is 0 Å². The molecule has 2 amide bonds. The summed E-state index contributed by atoms with van der Waals surface area (Å²) < 4.78 is 13.6. The largest absolute Gasteiger partial charge is 0.348 e. The Labute approximate surface area is 198 Å². The number of rotatable bonds is 4. The van der Waals surface area contributed by atoms with Crippen LogP contribution in [0.2, 0.25) is 0 Å². The fourth-order valence-electron chi connectivity index (χ4n) is 5.16. The van der Waals surface area contributed by atoms with Gasteiger partial charge in [0.15, 0.2) is 5.84 Å². The Hall–Kier alpha value is -3.49. The van der Waals surface area contributed by atoms with E-state index in [-0.39, 0.29) is 23.9 Å². The number of hydrogen-bond donors (Lipinski definition) is 1. The van der Waals surface area contributed by atoms with E-state index >= 15 is 0 Å². The fraction of sp³-hybridized carbons (Fsp3) is 0.440. The topological polar surface area (TPSA) is 81.1 Å². The number of amides is 2. The molecule has 3 atom stereocenters. The number of nitrogens with one attached hydrogen (secondary N) is 1. The molecule has 1 saturated heterocycles. The third-order valence-corrected chi connectivity index (χ3v) is 7.09. The molecule has 3 aliphatic heterocycles. The summed E-state index contributed by atoms with van der Waals surface area (Å²) in [6.45, 7) is 7.45. The maximum absolute atomic E-state index is 13.6. The molecule has 5 rings (SSSR count). The summed E-state index contributed by atoms with van der Waals surface area (Å²) >= 11 is 0. The van der Waals surface area contributed by atoms with E-state index in [9.17, 15) is 14.0 Å². The first-order valence-electron chi connectivity index (χ1n) is 11.6. The van der Waals surface area contributed by atoms with Crippen LogP contribution in [0.3, 0.4) is 0 Å². The van der Waals surface area contributed by atoms with Gasteiger partial charge in [0.05, 0.1) is 6.04 Å². The van der Waals surface area contributed by atoms with Gasteiger partial charge in [0.1, 0.15) is 11.7 Å². The summed E-state index contributed by atoms with van der Waals surface area (Å²) in [5.74, 6) is -1.15. The van der Waals surface area contributed by atoms with Gasteiger partial charge >= 0.3 is 0 Å². The maximum Gasteiger partial charge on any atom is 0.253 e. The van der Waals surface area contributed by atoms with Crippen molar-refractivity contribution in [1.82, 2.24) is 25.0 Å². The molecule has 0 spiro atoms. The van der Waals surface area contributed by atoms with Gasteiger partial charge in [-0.3, -0.25) is 14.5 Å². The van der Waals surface area contributed by atoms with E-state index < -0.39 is 17.8 Å². The Kier molecular flexibility index (Phi) is 5.11. The highest BCUT2D eigenvalue weighted by atomic mass is 19.1. The van der Waals surface area contributed by atoms with Crippen LogP contribution < -0.4 is 5.32 Å². The smallest absolute Gasteiger partial charge is 0.253 e. The molecule has 1 aliphatic carbocycles. The number of carbonyl (C=O) groups is 2. The second-order valence-corrected chi connectivity index (χ2v) is 9.41. The predicted molar refractivity (Wildman–Crippen MR) is 125 cm³/mol. The van der Waals surface area contributed by atoms with E-state index in [1.54, 1.807) is 36.0 Å². The molecule has 1 saturated carbocycles. The molecule has 8 nitrogen and oxygen atoms in total. The summed E-state index contributed by atoms with van der Waals surface area (Å²) in [5.41, 5.74) is 2.81. The molecular weight excluding hydrogens is 435 g/mol. The first-order valence-corrected chi connectivity index (χ1v) is 11.6. The zero-order valence-electron chi connectivity index (χ0n) is 20.0. The number of aliphatic imine (C=N–C) groups is 1. The molecule has 1 aromatic rings. The molecular formula is C25H29FN6O2. The van der Waals surface area contributed by atoms with E-state index in [0.717, 1.165) is 18.4 Å². The third kappa shape index (κ3) is 3.25. The Balaban J connectivity index is 1.62. The molecule has 4 aliphatic rings. The van der Waals surface area contributed by atoms with Crippen molar-refractivity contribution in [2.45, 2.75) is 64.4 Å². The lowest BCUT2D eigenvalue weighted by Gasteiger charge is -2.48. The fourth-order valence-corrected chi connectivity index (χ4v) is 5.16. The van der Waals surface area contributed by atoms with Crippen LogP contribution >= 0.6 is 0 Å². The van der Waals surface area contributed by atoms with Crippen LogP contribution in [-0.4, -0.2) is 62.3 Å². The minimum absolute atomic E-state index is 0.0166. The summed E-state index contributed by atoms with van der Waals surface area (Å²) in [5, 5.41) is 3.30. The van der Waals surface area contributed by atoms with Gasteiger partial charge in [0.2, 0.25) is 17.6 Å². The molecule has 1 N–H and O–H groups in total. The summed E-state index contributed by atoms with van der Waals surface area (Å²) in [6.07, 6.45) is 9.06. The van der Waals surface area contributed by atoms with Crippen LogP contribution in [0.5, 0.6) is 0 Å². The Bertz CT molecular complexity index is 1180. The number of hydrogen-bond acceptors (Lipinski definition) is 6. The number of piperazine rings is 1. The maximum atomic E-state index is 13.6. The number of nitrogens with zero attached hydrogens (tertiary/aromatic N) is 5. The predicted octanol–water partition coefficient (Wildman–Crippen LogP) is 2.84. The summed E-state index contributed by atoms with van der Waals surface area (Å²) in [6, 6.07) is 2.39. The normalized spacial score (nSPS) is 29.5. The van der Waals surface area contributed by atoms with Crippen molar-refractivity contribution >= 4 is 17.6 Å². The van der Waals surface area contributed by atoms with Crippen LogP contribution in [0.15, 0.2) is 58.5 Å². The van der Waals surface area contributed by atoms with Gasteiger partial charge < -0.3 is 15.1 Å². The molecule has 9 heteroatoms. The van der Waals surface area contributed by atoms with E-state index in [1.807, 2.05) is 32.9 Å². The number of amidine groups is 1. The number of fused-ring (bicyclic) bond motifs is 1. The zero-order valence-corrected chi connectivity index (χ0v) is 20.0. The SMILES string of the molecule is C/C=C\C1=C(C)C(=O)N([C@]2(C)N=C3C(=CN2)N(C)C(=O)C(C)N3C2CC2)C1c1ccc(F)nc1. The number of carbonyl (C=O) groups excluding carboxylic acids is 2. The minimum Gasteiger partial charge on any atom is -0.348 e. The van der Waals surface area contributed by atoms with Crippen LogP contribution in [0.1, 0.15) is 52.1 Å².